The van der Waals surface area contributed by atoms with Gasteiger partial charge in [0.2, 0.25) is 11.5 Å². The zero-order valence-corrected chi connectivity index (χ0v) is 24.1. The van der Waals surface area contributed by atoms with Crippen molar-refractivity contribution in [2.24, 2.45) is 5.73 Å². The number of pyridine rings is 1. The second kappa shape index (κ2) is 11.9. The number of H-pyrrole nitrogens is 1. The number of rotatable bonds is 11. The fourth-order valence-electron chi connectivity index (χ4n) is 4.95. The van der Waals surface area contributed by atoms with Crippen LogP contribution in [0.25, 0.3) is 22.2 Å². The number of alkyl halides is 3. The molecule has 2 aromatic carbocycles. The Bertz CT molecular complexity index is 1830. The Kier molecular flexibility index (Phi) is 8.31. The number of benzene rings is 2. The molecule has 238 valence electrons. The fraction of sp³-hybridized carbons (Fsp3) is 0.333. The average molecular weight is 632 g/mol. The molecule has 1 aliphatic carbocycles. The first-order valence-electron chi connectivity index (χ1n) is 13.9. The Morgan fingerprint density at radius 3 is 2.44 bits per heavy atom. The molecule has 1 fully saturated rings. The van der Waals surface area contributed by atoms with Gasteiger partial charge in [0.25, 0.3) is 11.5 Å². The standard InChI is InChI=1S/C30H29F4N5O6/c1-3-45-26-16(13-23(35)40)12-22(37-24(26)15-4-6-18(31)7-5-15)29(43,30(32,33)34)14-36-27(41)17-10-20-25(21(11-17)44-2)38-39(28(20)42)19-8-9-19/h4-7,10-12,19,38,43H,3,8-9,13-14H2,1-2H3,(H2,35,40)(H,36,41)/t29-/m0/s1. The van der Waals surface area contributed by atoms with Crippen LogP contribution < -0.4 is 26.1 Å². The number of carbonyl (C=O) groups is 2. The molecule has 2 aromatic heterocycles. The monoisotopic (exact) mass is 631 g/mol. The summed E-state index contributed by atoms with van der Waals surface area (Å²) in [5.41, 5.74) is 0.126. The first kappa shape index (κ1) is 31.5. The molecule has 2 amide bonds. The molecule has 0 saturated heterocycles. The molecule has 0 unspecified atom stereocenters. The highest BCUT2D eigenvalue weighted by Crippen LogP contribution is 2.42. The van der Waals surface area contributed by atoms with Gasteiger partial charge in [-0.3, -0.25) is 19.5 Å². The lowest BCUT2D eigenvalue weighted by Gasteiger charge is -2.31. The predicted molar refractivity (Wildman–Crippen MR) is 153 cm³/mol. The smallest absolute Gasteiger partial charge is 0.424 e. The Labute approximate surface area is 252 Å². The third kappa shape index (κ3) is 6.07. The van der Waals surface area contributed by atoms with E-state index in [4.69, 9.17) is 15.2 Å². The second-order valence-electron chi connectivity index (χ2n) is 10.6. The minimum atomic E-state index is -5.40. The van der Waals surface area contributed by atoms with Gasteiger partial charge in [-0.15, -0.1) is 0 Å². The van der Waals surface area contributed by atoms with Crippen molar-refractivity contribution >= 4 is 22.7 Å². The van der Waals surface area contributed by atoms with Crippen LogP contribution in [0.15, 0.2) is 47.3 Å². The number of fused-ring (bicyclic) bond motifs is 1. The van der Waals surface area contributed by atoms with Gasteiger partial charge < -0.3 is 25.6 Å². The van der Waals surface area contributed by atoms with Crippen molar-refractivity contribution in [3.05, 3.63) is 75.5 Å². The quantitative estimate of drug-likeness (QED) is 0.184. The van der Waals surface area contributed by atoms with Crippen LogP contribution in [0.3, 0.4) is 0 Å². The lowest BCUT2D eigenvalue weighted by molar-refractivity contribution is -0.265. The van der Waals surface area contributed by atoms with Crippen LogP contribution in [0.4, 0.5) is 17.6 Å². The van der Waals surface area contributed by atoms with Crippen molar-refractivity contribution in [2.45, 2.75) is 44.0 Å². The van der Waals surface area contributed by atoms with Crippen LogP contribution in [0.2, 0.25) is 0 Å². The summed E-state index contributed by atoms with van der Waals surface area (Å²) in [5.74, 6) is -2.53. The van der Waals surface area contributed by atoms with Crippen LogP contribution in [-0.2, 0) is 16.8 Å². The van der Waals surface area contributed by atoms with Gasteiger partial charge in [-0.1, -0.05) is 0 Å². The van der Waals surface area contributed by atoms with Crippen molar-refractivity contribution in [2.75, 3.05) is 20.3 Å². The van der Waals surface area contributed by atoms with Crippen molar-refractivity contribution < 1.29 is 41.7 Å². The van der Waals surface area contributed by atoms with E-state index >= 15 is 0 Å². The highest BCUT2D eigenvalue weighted by molar-refractivity contribution is 5.99. The zero-order chi connectivity index (χ0) is 32.7. The summed E-state index contributed by atoms with van der Waals surface area (Å²) < 4.78 is 70.0. The molecule has 4 aromatic rings. The van der Waals surface area contributed by atoms with E-state index in [0.29, 0.717) is 5.52 Å². The van der Waals surface area contributed by atoms with Gasteiger partial charge in [0.1, 0.15) is 28.5 Å². The highest BCUT2D eigenvalue weighted by atomic mass is 19.4. The molecule has 11 nitrogen and oxygen atoms in total. The van der Waals surface area contributed by atoms with E-state index < -0.39 is 53.6 Å². The third-order valence-electron chi connectivity index (χ3n) is 7.40. The average Bonchev–Trinajstić information content (AvgIpc) is 3.78. The Morgan fingerprint density at radius 1 is 1.18 bits per heavy atom. The molecule has 0 spiro atoms. The maximum atomic E-state index is 14.7. The molecule has 45 heavy (non-hydrogen) atoms. The second-order valence-corrected chi connectivity index (χ2v) is 10.6. The SMILES string of the molecule is CCOc1c(CC(N)=O)cc([C@@](O)(CNC(=O)c2cc(OC)c3[nH]n(C4CC4)c(=O)c3c2)C(F)(F)F)nc1-c1ccc(F)cc1. The summed E-state index contributed by atoms with van der Waals surface area (Å²) in [6, 6.07) is 7.89. The normalized spacial score (nSPS) is 14.6. The van der Waals surface area contributed by atoms with Gasteiger partial charge in [-0.2, -0.15) is 13.2 Å². The first-order valence-corrected chi connectivity index (χ1v) is 13.9. The van der Waals surface area contributed by atoms with Gasteiger partial charge in [0.15, 0.2) is 0 Å². The molecule has 15 heteroatoms. The summed E-state index contributed by atoms with van der Waals surface area (Å²) in [5, 5.41) is 16.3. The summed E-state index contributed by atoms with van der Waals surface area (Å²) in [6.45, 7) is 0.218. The Hall–Kier alpha value is -4.92. The van der Waals surface area contributed by atoms with Crippen LogP contribution >= 0.6 is 0 Å². The van der Waals surface area contributed by atoms with Crippen LogP contribution in [0, 0.1) is 5.82 Å². The Balaban J connectivity index is 1.56. The number of nitrogens with zero attached hydrogens (tertiary/aromatic N) is 2. The van der Waals surface area contributed by atoms with Crippen molar-refractivity contribution in [1.29, 1.82) is 0 Å². The van der Waals surface area contributed by atoms with Crippen molar-refractivity contribution in [1.82, 2.24) is 20.1 Å². The van der Waals surface area contributed by atoms with Gasteiger partial charge in [0, 0.05) is 16.7 Å². The number of amides is 2. The molecule has 0 aliphatic heterocycles. The molecular formula is C30H29F4N5O6. The van der Waals surface area contributed by atoms with Gasteiger partial charge in [0.05, 0.1) is 43.8 Å². The van der Waals surface area contributed by atoms with Crippen molar-refractivity contribution in [3.63, 3.8) is 0 Å². The summed E-state index contributed by atoms with van der Waals surface area (Å²) in [4.78, 5) is 42.1. The lowest BCUT2D eigenvalue weighted by Crippen LogP contribution is -2.51. The number of aromatic amines is 1. The molecule has 0 radical (unpaired) electrons. The minimum Gasteiger partial charge on any atom is -0.494 e. The summed E-state index contributed by atoms with van der Waals surface area (Å²) >= 11 is 0. The molecule has 1 saturated carbocycles. The minimum absolute atomic E-state index is 0.0189. The van der Waals surface area contributed by atoms with Crippen LogP contribution in [0.1, 0.15) is 47.4 Å². The fourth-order valence-corrected chi connectivity index (χ4v) is 4.95. The largest absolute Gasteiger partial charge is 0.494 e. The maximum Gasteiger partial charge on any atom is 0.424 e. The van der Waals surface area contributed by atoms with E-state index in [9.17, 15) is 37.1 Å². The number of primary amides is 1. The number of hydrogen-bond acceptors (Lipinski definition) is 7. The third-order valence-corrected chi connectivity index (χ3v) is 7.40. The summed E-state index contributed by atoms with van der Waals surface area (Å²) in [6.07, 6.45) is -4.39. The number of aromatic nitrogens is 3. The Morgan fingerprint density at radius 2 is 1.87 bits per heavy atom. The number of carbonyl (C=O) groups excluding carboxylic acids is 2. The molecule has 5 rings (SSSR count). The number of hydrogen-bond donors (Lipinski definition) is 4. The van der Waals surface area contributed by atoms with E-state index in [0.717, 1.165) is 31.0 Å². The number of aliphatic hydroxyl groups is 1. The first-order chi connectivity index (χ1) is 21.3. The van der Waals surface area contributed by atoms with E-state index in [1.54, 1.807) is 6.92 Å². The number of nitrogens with two attached hydrogens (primary N) is 1. The highest BCUT2D eigenvalue weighted by Gasteiger charge is 2.56. The molecule has 5 N–H and O–H groups in total. The van der Waals surface area contributed by atoms with E-state index in [-0.39, 0.29) is 51.9 Å². The van der Waals surface area contributed by atoms with Crippen molar-refractivity contribution in [3.8, 4) is 22.8 Å². The van der Waals surface area contributed by atoms with Gasteiger partial charge >= 0.3 is 6.18 Å². The van der Waals surface area contributed by atoms with E-state index in [1.165, 1.54) is 36.1 Å². The van der Waals surface area contributed by atoms with Crippen LogP contribution in [0.5, 0.6) is 11.5 Å². The summed E-state index contributed by atoms with van der Waals surface area (Å²) in [7, 11) is 1.31. The molecule has 1 aliphatic rings. The number of nitrogens with one attached hydrogen (secondary N) is 2. The van der Waals surface area contributed by atoms with Gasteiger partial charge in [-0.25, -0.2) is 14.1 Å². The van der Waals surface area contributed by atoms with Crippen LogP contribution in [-0.4, -0.2) is 58.1 Å². The number of halogens is 4. The van der Waals surface area contributed by atoms with E-state index in [1.807, 2.05) is 0 Å². The molecule has 2 heterocycles. The zero-order valence-electron chi connectivity index (χ0n) is 24.1. The molecule has 1 atom stereocenters. The lowest BCUT2D eigenvalue weighted by atomic mass is 9.93. The number of ether oxygens (including phenoxy) is 2. The number of methoxy groups -OCH3 is 1. The molecule has 0 bridgehead atoms. The maximum absolute atomic E-state index is 14.7. The van der Waals surface area contributed by atoms with E-state index in [2.05, 4.69) is 15.4 Å². The molecular weight excluding hydrogens is 602 g/mol. The topological polar surface area (TPSA) is 162 Å². The van der Waals surface area contributed by atoms with Gasteiger partial charge in [-0.05, 0) is 62.2 Å². The predicted octanol–water partition coefficient (Wildman–Crippen LogP) is 3.48.